The molecule has 1 rings (SSSR count). The summed E-state index contributed by atoms with van der Waals surface area (Å²) in [6.07, 6.45) is 54.0. The summed E-state index contributed by atoms with van der Waals surface area (Å²) in [4.78, 5) is 51.3. The Bertz CT molecular complexity index is 1510. The number of carboxylic acids is 1. The van der Waals surface area contributed by atoms with Gasteiger partial charge in [-0.2, -0.15) is 0 Å². The highest BCUT2D eigenvalue weighted by Crippen LogP contribution is 2.27. The molecule has 79 heavy (non-hydrogen) atoms. The lowest BCUT2D eigenvalue weighted by molar-refractivity contribution is -0.301. The number of hydrogen-bond donors (Lipinski definition) is 3. The van der Waals surface area contributed by atoms with Gasteiger partial charge in [0.05, 0.1) is 6.61 Å². The van der Waals surface area contributed by atoms with Gasteiger partial charge in [0, 0.05) is 19.3 Å². The van der Waals surface area contributed by atoms with Gasteiger partial charge in [-0.05, 0) is 51.4 Å². The molecule has 1 aliphatic heterocycles. The molecule has 3 N–H and O–H groups in total. The molecule has 0 amide bonds. The van der Waals surface area contributed by atoms with Crippen LogP contribution in [0.15, 0.2) is 36.5 Å². The zero-order chi connectivity index (χ0) is 57.5. The van der Waals surface area contributed by atoms with Gasteiger partial charge in [0.25, 0.3) is 0 Å². The second kappa shape index (κ2) is 55.5. The number of allylic oxidation sites excluding steroid dienone is 6. The van der Waals surface area contributed by atoms with Crippen molar-refractivity contribution in [2.45, 2.75) is 353 Å². The first kappa shape index (κ1) is 74.0. The molecule has 0 aromatic heterocycles. The molecule has 0 aliphatic carbocycles. The van der Waals surface area contributed by atoms with Crippen LogP contribution >= 0.6 is 0 Å². The van der Waals surface area contributed by atoms with Crippen LogP contribution < -0.4 is 0 Å². The standard InChI is InChI=1S/C67H120O12/c1-4-7-10-13-16-19-22-25-27-29-30-32-33-36-38-41-44-47-50-53-59(68)75-56-58(77-60(69)54-51-48-45-42-39-35-24-21-18-15-12-9-6-3)57-76-67-65(63(72)62(71)64(79-67)66(73)74)78-61(70)55-52-49-46-43-40-37-34-31-28-26-23-20-17-14-11-8-5-2/h9,12,18,21,35,39,58,62-65,67,71-72H,4-8,10-11,13-17,19-20,22-34,36-38,40-57H2,1-3H3,(H,73,74)/b12-9-,21-18-,39-35-. The average molecular weight is 1120 g/mol. The number of aliphatic carboxylic acids is 1. The lowest BCUT2D eigenvalue weighted by atomic mass is 9.98. The summed E-state index contributed by atoms with van der Waals surface area (Å²) in [7, 11) is 0. The summed E-state index contributed by atoms with van der Waals surface area (Å²) in [6.45, 7) is 5.91. The first-order valence-electron chi connectivity index (χ1n) is 33.0. The fourth-order valence-electron chi connectivity index (χ4n) is 10.2. The minimum atomic E-state index is -1.90. The van der Waals surface area contributed by atoms with Crippen LogP contribution in [-0.4, -0.2) is 89.2 Å². The van der Waals surface area contributed by atoms with Gasteiger partial charge in [-0.25, -0.2) is 4.79 Å². The molecule has 0 spiro atoms. The number of aliphatic hydroxyl groups excluding tert-OH is 2. The van der Waals surface area contributed by atoms with Crippen molar-refractivity contribution in [3.63, 3.8) is 0 Å². The van der Waals surface area contributed by atoms with Crippen LogP contribution in [0.5, 0.6) is 0 Å². The van der Waals surface area contributed by atoms with Crippen molar-refractivity contribution in [2.75, 3.05) is 13.2 Å². The second-order valence-corrected chi connectivity index (χ2v) is 22.7. The molecule has 460 valence electrons. The van der Waals surface area contributed by atoms with Crippen molar-refractivity contribution in [1.29, 1.82) is 0 Å². The normalized spacial score (nSPS) is 18.0. The summed E-state index contributed by atoms with van der Waals surface area (Å²) >= 11 is 0. The van der Waals surface area contributed by atoms with Crippen LogP contribution in [0.4, 0.5) is 0 Å². The van der Waals surface area contributed by atoms with Gasteiger partial charge in [0.2, 0.25) is 0 Å². The van der Waals surface area contributed by atoms with Crippen LogP contribution in [0.1, 0.15) is 316 Å². The number of rotatable bonds is 57. The Balaban J connectivity index is 2.62. The van der Waals surface area contributed by atoms with E-state index in [-0.39, 0.29) is 25.9 Å². The fraction of sp³-hybridized carbons (Fsp3) is 0.851. The first-order valence-corrected chi connectivity index (χ1v) is 33.0. The highest BCUT2D eigenvalue weighted by Gasteiger charge is 2.50. The molecule has 12 heteroatoms. The van der Waals surface area contributed by atoms with Gasteiger partial charge >= 0.3 is 23.9 Å². The average Bonchev–Trinajstić information content (AvgIpc) is 3.44. The van der Waals surface area contributed by atoms with E-state index in [4.69, 9.17) is 23.7 Å². The van der Waals surface area contributed by atoms with Crippen LogP contribution in [0.25, 0.3) is 0 Å². The molecule has 1 heterocycles. The Kier molecular flexibility index (Phi) is 51.9. The molecule has 1 saturated heterocycles. The second-order valence-electron chi connectivity index (χ2n) is 22.7. The maximum absolute atomic E-state index is 13.2. The largest absolute Gasteiger partial charge is 0.479 e. The molecular formula is C67H120O12. The van der Waals surface area contributed by atoms with Crippen LogP contribution in [-0.2, 0) is 42.9 Å². The third-order valence-electron chi connectivity index (χ3n) is 15.2. The Labute approximate surface area is 482 Å². The monoisotopic (exact) mass is 1120 g/mol. The number of unbranched alkanes of at least 4 members (excludes halogenated alkanes) is 37. The van der Waals surface area contributed by atoms with E-state index in [1.54, 1.807) is 0 Å². The van der Waals surface area contributed by atoms with Crippen molar-refractivity contribution >= 4 is 23.9 Å². The van der Waals surface area contributed by atoms with Crippen molar-refractivity contribution in [3.05, 3.63) is 36.5 Å². The van der Waals surface area contributed by atoms with E-state index >= 15 is 0 Å². The van der Waals surface area contributed by atoms with E-state index in [1.165, 1.54) is 180 Å². The number of carbonyl (C=O) groups excluding carboxylic acids is 3. The van der Waals surface area contributed by atoms with Crippen molar-refractivity contribution in [2.24, 2.45) is 0 Å². The number of carboxylic acid groups (broad SMARTS) is 1. The Hall–Kier alpha value is -3.06. The van der Waals surface area contributed by atoms with Crippen molar-refractivity contribution < 1.29 is 58.2 Å². The molecule has 1 aliphatic rings. The summed E-state index contributed by atoms with van der Waals surface area (Å²) in [5.74, 6) is -3.12. The smallest absolute Gasteiger partial charge is 0.335 e. The lowest BCUT2D eigenvalue weighted by Crippen LogP contribution is -2.61. The topological polar surface area (TPSA) is 175 Å². The van der Waals surface area contributed by atoms with Crippen LogP contribution in [0, 0.1) is 0 Å². The van der Waals surface area contributed by atoms with E-state index in [2.05, 4.69) is 57.2 Å². The Morgan fingerprint density at radius 2 is 0.797 bits per heavy atom. The molecule has 0 saturated carbocycles. The minimum Gasteiger partial charge on any atom is -0.479 e. The van der Waals surface area contributed by atoms with Gasteiger partial charge < -0.3 is 39.0 Å². The molecule has 1 fully saturated rings. The number of esters is 3. The third kappa shape index (κ3) is 45.2. The van der Waals surface area contributed by atoms with E-state index in [1.807, 2.05) is 0 Å². The van der Waals surface area contributed by atoms with E-state index in [0.717, 1.165) is 77.0 Å². The molecule has 6 atom stereocenters. The molecule has 0 radical (unpaired) electrons. The van der Waals surface area contributed by atoms with Crippen molar-refractivity contribution in [3.8, 4) is 0 Å². The maximum atomic E-state index is 13.2. The van der Waals surface area contributed by atoms with Crippen molar-refractivity contribution in [1.82, 2.24) is 0 Å². The zero-order valence-corrected chi connectivity index (χ0v) is 50.9. The number of aliphatic hydroxyl groups is 2. The van der Waals surface area contributed by atoms with Gasteiger partial charge in [0.15, 0.2) is 24.6 Å². The van der Waals surface area contributed by atoms with E-state index < -0.39 is 67.3 Å². The number of carbonyl (C=O) groups is 4. The van der Waals surface area contributed by atoms with Gasteiger partial charge in [-0.3, -0.25) is 14.4 Å². The fourth-order valence-corrected chi connectivity index (χ4v) is 10.2. The van der Waals surface area contributed by atoms with Crippen LogP contribution in [0.3, 0.4) is 0 Å². The van der Waals surface area contributed by atoms with Crippen LogP contribution in [0.2, 0.25) is 0 Å². The first-order chi connectivity index (χ1) is 38.6. The van der Waals surface area contributed by atoms with E-state index in [0.29, 0.717) is 19.3 Å². The molecule has 12 nitrogen and oxygen atoms in total. The zero-order valence-electron chi connectivity index (χ0n) is 50.9. The lowest BCUT2D eigenvalue weighted by Gasteiger charge is -2.40. The maximum Gasteiger partial charge on any atom is 0.335 e. The highest BCUT2D eigenvalue weighted by molar-refractivity contribution is 5.74. The summed E-state index contributed by atoms with van der Waals surface area (Å²) < 4.78 is 28.5. The summed E-state index contributed by atoms with van der Waals surface area (Å²) in [6, 6.07) is 0. The highest BCUT2D eigenvalue weighted by atomic mass is 16.7. The molecule has 0 aromatic rings. The molecule has 6 unspecified atom stereocenters. The molecule has 0 aromatic carbocycles. The Morgan fingerprint density at radius 1 is 0.430 bits per heavy atom. The predicted molar refractivity (Wildman–Crippen MR) is 322 cm³/mol. The Morgan fingerprint density at radius 3 is 1.22 bits per heavy atom. The molecular weight excluding hydrogens is 997 g/mol. The number of hydrogen-bond acceptors (Lipinski definition) is 11. The summed E-state index contributed by atoms with van der Waals surface area (Å²) in [5, 5.41) is 31.6. The third-order valence-corrected chi connectivity index (χ3v) is 15.2. The minimum absolute atomic E-state index is 0.0630. The SMILES string of the molecule is CC/C=C\C/C=C\C/C=C\CCCCCC(=O)OC(COC(=O)CCCCCCCCCCCCCCCCCCCCC)COC1OC(C(=O)O)C(O)C(O)C1OC(=O)CCCCCCCCCCCCCCCCCCC. The van der Waals surface area contributed by atoms with Gasteiger partial charge in [0.1, 0.15) is 18.8 Å². The number of ether oxygens (including phenoxy) is 5. The predicted octanol–water partition coefficient (Wildman–Crippen LogP) is 17.6. The summed E-state index contributed by atoms with van der Waals surface area (Å²) in [5.41, 5.74) is 0. The van der Waals surface area contributed by atoms with E-state index in [9.17, 15) is 34.5 Å². The molecule has 0 bridgehead atoms. The van der Waals surface area contributed by atoms with Gasteiger partial charge in [-0.15, -0.1) is 0 Å². The quantitative estimate of drug-likeness (QED) is 0.0228. The van der Waals surface area contributed by atoms with Gasteiger partial charge in [-0.1, -0.05) is 282 Å².